The Labute approximate surface area is 66.7 Å². The molecule has 0 spiro atoms. The monoisotopic (exact) mass is 251 g/mol. The first-order valence-corrected chi connectivity index (χ1v) is 3.75. The molecule has 7 heavy (non-hydrogen) atoms. The zero-order valence-corrected chi connectivity index (χ0v) is 7.72. The molecule has 0 bridgehead atoms. The highest BCUT2D eigenvalue weighted by Crippen LogP contribution is 1.98. The first-order valence-electron chi connectivity index (χ1n) is 1.71. The summed E-state index contributed by atoms with van der Waals surface area (Å²) in [5.41, 5.74) is 5.21. The minimum Gasteiger partial charge on any atom is -0.329 e. The van der Waals surface area contributed by atoms with Gasteiger partial charge in [-0.05, 0) is 0 Å². The van der Waals surface area contributed by atoms with Gasteiger partial charge in [0.15, 0.2) is 0 Å². The molecule has 4 heteroatoms. The number of hydrogen-bond donors (Lipinski definition) is 1. The lowest BCUT2D eigenvalue weighted by atomic mass is 10.5. The van der Waals surface area contributed by atoms with E-state index in [1.165, 1.54) is 0 Å². The summed E-state index contributed by atoms with van der Waals surface area (Å²) in [7, 11) is 0. The molecule has 1 nitrogen and oxygen atoms in total. The summed E-state index contributed by atoms with van der Waals surface area (Å²) in [6.07, 6.45) is 0. The maximum absolute atomic E-state index is 5.21. The molecule has 0 saturated carbocycles. The summed E-state index contributed by atoms with van der Waals surface area (Å²) in [5, 5.41) is 0.934. The molecule has 0 aliphatic heterocycles. The van der Waals surface area contributed by atoms with E-state index in [0.29, 0.717) is 11.4 Å². The van der Waals surface area contributed by atoms with Crippen LogP contribution in [0.2, 0.25) is 0 Å². The van der Waals surface area contributed by atoms with E-state index in [1.54, 1.807) is 0 Å². The standard InChI is InChI=1S/C3H7Br2N.ClH/c4-1-3(5)2-6;/h3H,1-2,6H2;1H. The van der Waals surface area contributed by atoms with Crippen molar-refractivity contribution in [3.05, 3.63) is 0 Å². The fraction of sp³-hybridized carbons (Fsp3) is 1.00. The highest BCUT2D eigenvalue weighted by atomic mass is 79.9. The van der Waals surface area contributed by atoms with Crippen molar-refractivity contribution in [1.82, 2.24) is 0 Å². The fourth-order valence-electron chi connectivity index (χ4n) is 0.0630. The maximum Gasteiger partial charge on any atom is 0.0365 e. The first kappa shape index (κ1) is 11.1. The lowest BCUT2D eigenvalue weighted by Crippen LogP contribution is -2.13. The molecule has 0 aliphatic rings. The smallest absolute Gasteiger partial charge is 0.0365 e. The Balaban J connectivity index is 0. The number of hydrogen-bond acceptors (Lipinski definition) is 1. The van der Waals surface area contributed by atoms with Crippen molar-refractivity contribution in [2.45, 2.75) is 4.83 Å². The third-order valence-corrected chi connectivity index (χ3v) is 2.77. The number of alkyl halides is 2. The van der Waals surface area contributed by atoms with Gasteiger partial charge in [0.1, 0.15) is 0 Å². The lowest BCUT2D eigenvalue weighted by molar-refractivity contribution is 0.984. The molecule has 2 N–H and O–H groups in total. The van der Waals surface area contributed by atoms with Crippen LogP contribution in [-0.4, -0.2) is 16.7 Å². The Morgan fingerprint density at radius 2 is 2.00 bits per heavy atom. The first-order chi connectivity index (χ1) is 2.81. The fourth-order valence-corrected chi connectivity index (χ4v) is 0.327. The predicted octanol–water partition coefficient (Wildman–Crippen LogP) is 1.53. The zero-order chi connectivity index (χ0) is 4.99. The van der Waals surface area contributed by atoms with Crippen molar-refractivity contribution in [3.8, 4) is 0 Å². The van der Waals surface area contributed by atoms with Crippen LogP contribution in [0.15, 0.2) is 0 Å². The summed E-state index contributed by atoms with van der Waals surface area (Å²) >= 11 is 6.55. The van der Waals surface area contributed by atoms with Crippen molar-refractivity contribution < 1.29 is 0 Å². The Bertz CT molecular complexity index is 32.1. The van der Waals surface area contributed by atoms with Crippen molar-refractivity contribution in [1.29, 1.82) is 0 Å². The van der Waals surface area contributed by atoms with Gasteiger partial charge in [0.25, 0.3) is 0 Å². The van der Waals surface area contributed by atoms with E-state index in [9.17, 15) is 0 Å². The van der Waals surface area contributed by atoms with Crippen LogP contribution in [0.5, 0.6) is 0 Å². The quantitative estimate of drug-likeness (QED) is 0.742. The van der Waals surface area contributed by atoms with Crippen LogP contribution >= 0.6 is 44.3 Å². The van der Waals surface area contributed by atoms with E-state index in [-0.39, 0.29) is 12.4 Å². The van der Waals surface area contributed by atoms with Gasteiger partial charge in [0, 0.05) is 16.7 Å². The van der Waals surface area contributed by atoms with Crippen molar-refractivity contribution >= 4 is 44.3 Å². The lowest BCUT2D eigenvalue weighted by Gasteiger charge is -1.95. The van der Waals surface area contributed by atoms with Gasteiger partial charge in [0.2, 0.25) is 0 Å². The van der Waals surface area contributed by atoms with Gasteiger partial charge in [-0.25, -0.2) is 0 Å². The largest absolute Gasteiger partial charge is 0.329 e. The number of rotatable bonds is 2. The van der Waals surface area contributed by atoms with Gasteiger partial charge in [-0.3, -0.25) is 0 Å². The molecule has 0 aromatic carbocycles. The number of nitrogens with two attached hydrogens (primary N) is 1. The predicted molar refractivity (Wildman–Crippen MR) is 42.8 cm³/mol. The molecule has 46 valence electrons. The van der Waals surface area contributed by atoms with Gasteiger partial charge in [0.05, 0.1) is 0 Å². The maximum atomic E-state index is 5.21. The van der Waals surface area contributed by atoms with Gasteiger partial charge in [-0.15, -0.1) is 12.4 Å². The summed E-state index contributed by atoms with van der Waals surface area (Å²) < 4.78 is 0. The molecule has 0 heterocycles. The summed E-state index contributed by atoms with van der Waals surface area (Å²) in [5.74, 6) is 0. The zero-order valence-electron chi connectivity index (χ0n) is 3.73. The van der Waals surface area contributed by atoms with E-state index in [4.69, 9.17) is 5.73 Å². The SMILES string of the molecule is Cl.NCC(Br)CBr. The van der Waals surface area contributed by atoms with E-state index < -0.39 is 0 Å². The average Bonchev–Trinajstić information content (AvgIpc) is 1.65. The molecule has 1 atom stereocenters. The second-order valence-electron chi connectivity index (χ2n) is 0.987. The second-order valence-corrected chi connectivity index (χ2v) is 2.93. The molecule has 0 saturated heterocycles. The molecule has 0 radical (unpaired) electrons. The Morgan fingerprint density at radius 1 is 1.57 bits per heavy atom. The summed E-state index contributed by atoms with van der Waals surface area (Å²) in [6.45, 7) is 0.700. The van der Waals surface area contributed by atoms with Crippen LogP contribution in [0, 0.1) is 0 Å². The Kier molecular flexibility index (Phi) is 11.4. The highest BCUT2D eigenvalue weighted by Gasteiger charge is 1.92. The van der Waals surface area contributed by atoms with E-state index in [0.717, 1.165) is 5.33 Å². The van der Waals surface area contributed by atoms with Crippen LogP contribution < -0.4 is 5.73 Å². The van der Waals surface area contributed by atoms with Crippen molar-refractivity contribution in [2.24, 2.45) is 5.73 Å². The topological polar surface area (TPSA) is 26.0 Å². The molecule has 0 fully saturated rings. The van der Waals surface area contributed by atoms with Crippen LogP contribution in [0.1, 0.15) is 0 Å². The van der Waals surface area contributed by atoms with Crippen LogP contribution in [0.25, 0.3) is 0 Å². The van der Waals surface area contributed by atoms with Crippen molar-refractivity contribution in [2.75, 3.05) is 11.9 Å². The normalized spacial score (nSPS) is 12.4. The van der Waals surface area contributed by atoms with Gasteiger partial charge in [-0.2, -0.15) is 0 Å². The van der Waals surface area contributed by atoms with Crippen LogP contribution in [0.4, 0.5) is 0 Å². The molecule has 1 unspecified atom stereocenters. The van der Waals surface area contributed by atoms with Gasteiger partial charge < -0.3 is 5.73 Å². The Hall–Kier alpha value is 1.21. The molecular weight excluding hydrogens is 245 g/mol. The third kappa shape index (κ3) is 7.21. The van der Waals surface area contributed by atoms with E-state index >= 15 is 0 Å². The third-order valence-electron chi connectivity index (χ3n) is 0.423. The number of halogens is 3. The molecule has 0 rings (SSSR count). The molecular formula is C3H8Br2ClN. The molecule has 0 aliphatic carbocycles. The molecule has 0 aromatic rings. The van der Waals surface area contributed by atoms with Gasteiger partial charge in [-0.1, -0.05) is 31.9 Å². The van der Waals surface area contributed by atoms with Crippen molar-refractivity contribution in [3.63, 3.8) is 0 Å². The van der Waals surface area contributed by atoms with E-state index in [2.05, 4.69) is 31.9 Å². The molecule has 0 amide bonds. The minimum absolute atomic E-state index is 0. The Morgan fingerprint density at radius 3 is 2.00 bits per heavy atom. The van der Waals surface area contributed by atoms with Gasteiger partial charge >= 0.3 is 0 Å². The average molecular weight is 253 g/mol. The van der Waals surface area contributed by atoms with E-state index in [1.807, 2.05) is 0 Å². The van der Waals surface area contributed by atoms with Crippen LogP contribution in [-0.2, 0) is 0 Å². The second kappa shape index (κ2) is 7.21. The summed E-state index contributed by atoms with van der Waals surface area (Å²) in [4.78, 5) is 0.442. The summed E-state index contributed by atoms with van der Waals surface area (Å²) in [6, 6.07) is 0. The minimum atomic E-state index is 0. The highest BCUT2D eigenvalue weighted by molar-refractivity contribution is 9.12. The molecule has 0 aromatic heterocycles. The van der Waals surface area contributed by atoms with Crippen LogP contribution in [0.3, 0.4) is 0 Å².